The van der Waals surface area contributed by atoms with Crippen molar-refractivity contribution in [1.82, 2.24) is 9.88 Å². The van der Waals surface area contributed by atoms with Crippen LogP contribution >= 0.6 is 22.9 Å². The Balaban J connectivity index is 1.33. The number of aryl methyl sites for hydroxylation is 2. The van der Waals surface area contributed by atoms with Crippen molar-refractivity contribution < 1.29 is 8.42 Å². The highest BCUT2D eigenvalue weighted by atomic mass is 35.5. The standard InChI is InChI=1S/C24H27ClN4O2S2/c1-16-11-23(33(30,31)27-24-14-32-15-26-24)20(25)12-22(16)28(2)18-9-10-29(13-18)21-8-7-17-5-3-4-6-19(17)21/h3-6,11-12,14-15,18,21,27H,7-10,13H2,1-2H3/t18-,21-/m0/s1. The van der Waals surface area contributed by atoms with Crippen LogP contribution < -0.4 is 9.62 Å². The summed E-state index contributed by atoms with van der Waals surface area (Å²) in [6, 6.07) is 13.1. The van der Waals surface area contributed by atoms with Gasteiger partial charge in [0.25, 0.3) is 10.0 Å². The summed E-state index contributed by atoms with van der Waals surface area (Å²) >= 11 is 7.82. The minimum absolute atomic E-state index is 0.0717. The Morgan fingerprint density at radius 1 is 1.24 bits per heavy atom. The molecule has 3 aromatic rings. The number of anilines is 2. The summed E-state index contributed by atoms with van der Waals surface area (Å²) in [5, 5.41) is 1.86. The summed E-state index contributed by atoms with van der Waals surface area (Å²) in [5.74, 6) is 0.300. The molecule has 33 heavy (non-hydrogen) atoms. The number of nitrogens with one attached hydrogen (secondary N) is 1. The van der Waals surface area contributed by atoms with E-state index in [4.69, 9.17) is 11.6 Å². The molecule has 6 nitrogen and oxygen atoms in total. The molecule has 1 aliphatic carbocycles. The molecule has 174 valence electrons. The number of likely N-dealkylation sites (N-methyl/N-ethyl adjacent to an activating group) is 1. The van der Waals surface area contributed by atoms with Crippen LogP contribution in [0.5, 0.6) is 0 Å². The van der Waals surface area contributed by atoms with E-state index >= 15 is 0 Å². The summed E-state index contributed by atoms with van der Waals surface area (Å²) in [5.41, 5.74) is 6.38. The van der Waals surface area contributed by atoms with Crippen LogP contribution in [0.25, 0.3) is 0 Å². The number of nitrogens with zero attached hydrogens (tertiary/aromatic N) is 3. The molecule has 1 N–H and O–H groups in total. The lowest BCUT2D eigenvalue weighted by molar-refractivity contribution is 0.242. The van der Waals surface area contributed by atoms with Crippen LogP contribution in [-0.2, 0) is 16.4 Å². The number of aromatic nitrogens is 1. The molecule has 9 heteroatoms. The van der Waals surface area contributed by atoms with E-state index in [-0.39, 0.29) is 9.92 Å². The fourth-order valence-corrected chi connectivity index (χ4v) is 7.33. The maximum absolute atomic E-state index is 12.8. The minimum Gasteiger partial charge on any atom is -0.370 e. The number of hydrogen-bond donors (Lipinski definition) is 1. The molecule has 1 aromatic heterocycles. The monoisotopic (exact) mass is 502 g/mol. The first-order valence-corrected chi connectivity index (χ1v) is 13.9. The summed E-state index contributed by atoms with van der Waals surface area (Å²) < 4.78 is 28.2. The van der Waals surface area contributed by atoms with Gasteiger partial charge >= 0.3 is 0 Å². The number of hydrogen-bond acceptors (Lipinski definition) is 6. The average Bonchev–Trinajstić information content (AvgIpc) is 3.54. The second-order valence-corrected chi connectivity index (χ2v) is 11.6. The third-order valence-corrected chi connectivity index (χ3v) is 9.28. The van der Waals surface area contributed by atoms with E-state index in [2.05, 4.69) is 50.8 Å². The highest BCUT2D eigenvalue weighted by Gasteiger charge is 2.35. The van der Waals surface area contributed by atoms with Crippen LogP contribution in [0.15, 0.2) is 52.2 Å². The first kappa shape index (κ1) is 22.7. The van der Waals surface area contributed by atoms with Crippen LogP contribution in [0.3, 0.4) is 0 Å². The van der Waals surface area contributed by atoms with E-state index in [0.717, 1.165) is 37.2 Å². The molecule has 2 atom stereocenters. The van der Waals surface area contributed by atoms with Gasteiger partial charge in [-0.1, -0.05) is 35.9 Å². The quantitative estimate of drug-likeness (QED) is 0.507. The first-order chi connectivity index (χ1) is 15.8. The molecule has 1 aliphatic heterocycles. The van der Waals surface area contributed by atoms with Crippen molar-refractivity contribution in [2.75, 3.05) is 29.8 Å². The SMILES string of the molecule is Cc1cc(S(=O)(=O)Nc2cscn2)c(Cl)cc1N(C)[C@H]1CCN([C@H]2CCc3ccccc32)C1. The van der Waals surface area contributed by atoms with Gasteiger partial charge in [0.1, 0.15) is 4.90 Å². The van der Waals surface area contributed by atoms with E-state index in [9.17, 15) is 8.42 Å². The molecule has 0 bridgehead atoms. The van der Waals surface area contributed by atoms with Crippen LogP contribution in [-0.4, -0.2) is 44.5 Å². The van der Waals surface area contributed by atoms with Crippen molar-refractivity contribution in [2.24, 2.45) is 0 Å². The Hall–Kier alpha value is -2.13. The molecule has 0 spiro atoms. The largest absolute Gasteiger partial charge is 0.370 e. The fraction of sp³-hybridized carbons (Fsp3) is 0.375. The summed E-state index contributed by atoms with van der Waals surface area (Å²) in [7, 11) is -1.73. The van der Waals surface area contributed by atoms with Crippen molar-refractivity contribution in [3.63, 3.8) is 0 Å². The van der Waals surface area contributed by atoms with Crippen molar-refractivity contribution in [1.29, 1.82) is 0 Å². The zero-order chi connectivity index (χ0) is 23.2. The Morgan fingerprint density at radius 3 is 2.85 bits per heavy atom. The van der Waals surface area contributed by atoms with Gasteiger partial charge in [-0.2, -0.15) is 0 Å². The van der Waals surface area contributed by atoms with Gasteiger partial charge in [-0.05, 0) is 55.0 Å². The molecule has 5 rings (SSSR count). The summed E-state index contributed by atoms with van der Waals surface area (Å²) in [6.45, 7) is 3.98. The van der Waals surface area contributed by atoms with Crippen molar-refractivity contribution in [2.45, 2.75) is 43.2 Å². The van der Waals surface area contributed by atoms with Crippen LogP contribution in [0.2, 0.25) is 5.02 Å². The van der Waals surface area contributed by atoms with Gasteiger partial charge in [0.2, 0.25) is 0 Å². The van der Waals surface area contributed by atoms with E-state index in [1.165, 1.54) is 28.9 Å². The third kappa shape index (κ3) is 4.37. The summed E-state index contributed by atoms with van der Waals surface area (Å²) in [6.07, 6.45) is 3.40. The fourth-order valence-electron chi connectivity index (χ4n) is 5.16. The molecule has 1 fully saturated rings. The minimum atomic E-state index is -3.81. The second-order valence-electron chi connectivity index (χ2n) is 8.85. The number of sulfonamides is 1. The molecular formula is C24H27ClN4O2S2. The molecular weight excluding hydrogens is 476 g/mol. The predicted molar refractivity (Wildman–Crippen MR) is 135 cm³/mol. The molecule has 0 saturated carbocycles. The van der Waals surface area contributed by atoms with Crippen LogP contribution in [0, 0.1) is 6.92 Å². The van der Waals surface area contributed by atoms with E-state index < -0.39 is 10.0 Å². The maximum atomic E-state index is 12.8. The Kier molecular flexibility index (Phi) is 6.11. The number of benzene rings is 2. The smallest absolute Gasteiger partial charge is 0.264 e. The van der Waals surface area contributed by atoms with Gasteiger partial charge in [0, 0.05) is 43.3 Å². The lowest BCUT2D eigenvalue weighted by Gasteiger charge is -2.30. The van der Waals surface area contributed by atoms with E-state index in [0.29, 0.717) is 17.9 Å². The van der Waals surface area contributed by atoms with Crippen molar-refractivity contribution in [3.05, 3.63) is 69.0 Å². The Morgan fingerprint density at radius 2 is 2.06 bits per heavy atom. The lowest BCUT2D eigenvalue weighted by Crippen LogP contribution is -2.35. The van der Waals surface area contributed by atoms with Gasteiger partial charge < -0.3 is 4.90 Å². The van der Waals surface area contributed by atoms with Crippen LogP contribution in [0.4, 0.5) is 11.5 Å². The molecule has 0 radical (unpaired) electrons. The van der Waals surface area contributed by atoms with Gasteiger partial charge in [-0.3, -0.25) is 9.62 Å². The number of halogens is 1. The third-order valence-electron chi connectivity index (χ3n) is 6.88. The topological polar surface area (TPSA) is 65.5 Å². The number of rotatable bonds is 6. The first-order valence-electron chi connectivity index (χ1n) is 11.1. The van der Waals surface area contributed by atoms with Crippen LogP contribution in [0.1, 0.15) is 35.6 Å². The van der Waals surface area contributed by atoms with Gasteiger partial charge in [-0.25, -0.2) is 13.4 Å². The number of likely N-dealkylation sites (tertiary alicyclic amines) is 1. The molecule has 1 saturated heterocycles. The Labute approximate surface area is 204 Å². The number of fused-ring (bicyclic) bond motifs is 1. The normalized spacial score (nSPS) is 20.7. The van der Waals surface area contributed by atoms with Crippen molar-refractivity contribution >= 4 is 44.5 Å². The second kappa shape index (κ2) is 8.91. The highest BCUT2D eigenvalue weighted by molar-refractivity contribution is 7.92. The molecule has 0 amide bonds. The lowest BCUT2D eigenvalue weighted by atomic mass is 10.1. The van der Waals surface area contributed by atoms with Gasteiger partial charge in [-0.15, -0.1) is 11.3 Å². The number of thiazole rings is 1. The maximum Gasteiger partial charge on any atom is 0.264 e. The van der Waals surface area contributed by atoms with E-state index in [1.807, 2.05) is 6.92 Å². The van der Waals surface area contributed by atoms with Gasteiger partial charge in [0.15, 0.2) is 5.82 Å². The predicted octanol–water partition coefficient (Wildman–Crippen LogP) is 5.10. The molecule has 2 heterocycles. The average molecular weight is 503 g/mol. The van der Waals surface area contributed by atoms with Gasteiger partial charge in [0.05, 0.1) is 10.5 Å². The summed E-state index contributed by atoms with van der Waals surface area (Å²) in [4.78, 5) is 8.93. The zero-order valence-electron chi connectivity index (χ0n) is 18.7. The zero-order valence-corrected chi connectivity index (χ0v) is 21.1. The highest BCUT2D eigenvalue weighted by Crippen LogP contribution is 2.39. The molecule has 2 aliphatic rings. The van der Waals surface area contributed by atoms with E-state index in [1.54, 1.807) is 23.0 Å². The molecule has 0 unspecified atom stereocenters. The Bertz CT molecular complexity index is 1260. The van der Waals surface area contributed by atoms with Crippen molar-refractivity contribution in [3.8, 4) is 0 Å². The molecule has 2 aromatic carbocycles.